The summed E-state index contributed by atoms with van der Waals surface area (Å²) in [4.78, 5) is 7.74. The smallest absolute Gasteiger partial charge is 0.142 e. The molecular weight excluding hydrogens is 232 g/mol. The molecule has 0 unspecified atom stereocenters. The first-order valence-corrected chi connectivity index (χ1v) is 6.37. The average molecular weight is 246 g/mol. The molecule has 4 heteroatoms. The van der Waals surface area contributed by atoms with E-state index in [0.717, 1.165) is 11.4 Å². The highest BCUT2D eigenvalue weighted by Crippen LogP contribution is 2.33. The summed E-state index contributed by atoms with van der Waals surface area (Å²) >= 11 is 5.23. The number of hydrogen-bond donors (Lipinski definition) is 1. The van der Waals surface area contributed by atoms with Crippen LogP contribution in [0.4, 0.5) is 0 Å². The zero-order valence-corrected chi connectivity index (χ0v) is 10.3. The summed E-state index contributed by atoms with van der Waals surface area (Å²) in [5, 5.41) is 0. The molecule has 3 nitrogen and oxygen atoms in total. The van der Waals surface area contributed by atoms with Gasteiger partial charge in [0.25, 0.3) is 0 Å². The highest BCUT2D eigenvalue weighted by atomic mass is 32.1. The Kier molecular flexibility index (Phi) is 2.81. The Labute approximate surface area is 105 Å². The minimum atomic E-state index is 0.616. The fraction of sp³-hybridized carbons (Fsp3) is 0.385. The van der Waals surface area contributed by atoms with Crippen LogP contribution >= 0.6 is 12.2 Å². The number of furan rings is 1. The normalized spacial score (nSPS) is 16.5. The maximum Gasteiger partial charge on any atom is 0.142 e. The average Bonchev–Trinajstić information content (AvgIpc) is 3.02. The maximum atomic E-state index is 5.23. The molecule has 0 amide bonds. The van der Waals surface area contributed by atoms with Gasteiger partial charge in [0.15, 0.2) is 0 Å². The standard InChI is InChI=1S/C13H14N2OS/c17-12-7-11(9-3-1-2-4-9)14-13(15-12)10-5-6-16-8-10/h5-9H,1-4H2,(H,14,15,17). The van der Waals surface area contributed by atoms with Crippen LogP contribution in [-0.4, -0.2) is 9.97 Å². The molecule has 1 fully saturated rings. The van der Waals surface area contributed by atoms with Gasteiger partial charge in [-0.25, -0.2) is 4.98 Å². The van der Waals surface area contributed by atoms with Crippen molar-refractivity contribution in [1.82, 2.24) is 9.97 Å². The van der Waals surface area contributed by atoms with E-state index in [4.69, 9.17) is 16.6 Å². The first-order chi connectivity index (χ1) is 8.33. The van der Waals surface area contributed by atoms with Crippen molar-refractivity contribution >= 4 is 12.2 Å². The Balaban J connectivity index is 2.03. The molecule has 0 atom stereocenters. The van der Waals surface area contributed by atoms with Gasteiger partial charge in [0.05, 0.1) is 11.8 Å². The van der Waals surface area contributed by atoms with Crippen molar-refractivity contribution < 1.29 is 4.42 Å². The third-order valence-corrected chi connectivity index (χ3v) is 3.56. The summed E-state index contributed by atoms with van der Waals surface area (Å²) in [7, 11) is 0. The summed E-state index contributed by atoms with van der Waals surface area (Å²) < 4.78 is 5.73. The molecule has 0 saturated heterocycles. The van der Waals surface area contributed by atoms with Crippen molar-refractivity contribution in [3.8, 4) is 11.4 Å². The van der Waals surface area contributed by atoms with E-state index in [9.17, 15) is 0 Å². The fourth-order valence-corrected chi connectivity index (χ4v) is 2.69. The van der Waals surface area contributed by atoms with Gasteiger partial charge in [-0.15, -0.1) is 0 Å². The highest BCUT2D eigenvalue weighted by Gasteiger charge is 2.18. The Morgan fingerprint density at radius 1 is 1.35 bits per heavy atom. The largest absolute Gasteiger partial charge is 0.472 e. The van der Waals surface area contributed by atoms with E-state index in [0.29, 0.717) is 10.6 Å². The number of nitrogens with zero attached hydrogens (tertiary/aromatic N) is 1. The van der Waals surface area contributed by atoms with Gasteiger partial charge in [-0.05, 0) is 30.9 Å². The maximum absolute atomic E-state index is 5.23. The molecule has 0 bridgehead atoms. The van der Waals surface area contributed by atoms with E-state index in [1.807, 2.05) is 12.1 Å². The lowest BCUT2D eigenvalue weighted by molar-refractivity contribution is 0.568. The Hall–Kier alpha value is -1.42. The van der Waals surface area contributed by atoms with Gasteiger partial charge in [0.2, 0.25) is 0 Å². The molecule has 1 saturated carbocycles. The molecule has 0 aromatic carbocycles. The molecule has 2 aromatic heterocycles. The second-order valence-electron chi connectivity index (χ2n) is 4.52. The van der Waals surface area contributed by atoms with Gasteiger partial charge in [-0.1, -0.05) is 25.1 Å². The number of nitrogens with one attached hydrogen (secondary N) is 1. The van der Waals surface area contributed by atoms with Crippen LogP contribution in [0, 0.1) is 4.64 Å². The van der Waals surface area contributed by atoms with Crippen molar-refractivity contribution in [3.05, 3.63) is 35.0 Å². The lowest BCUT2D eigenvalue weighted by Crippen LogP contribution is -2.00. The van der Waals surface area contributed by atoms with E-state index >= 15 is 0 Å². The lowest BCUT2D eigenvalue weighted by Gasteiger charge is -2.10. The number of aromatic amines is 1. The van der Waals surface area contributed by atoms with Crippen LogP contribution in [0.3, 0.4) is 0 Å². The van der Waals surface area contributed by atoms with E-state index in [1.54, 1.807) is 12.5 Å². The molecule has 88 valence electrons. The Morgan fingerprint density at radius 3 is 2.88 bits per heavy atom. The number of hydrogen-bond acceptors (Lipinski definition) is 3. The zero-order valence-electron chi connectivity index (χ0n) is 9.48. The molecule has 17 heavy (non-hydrogen) atoms. The third kappa shape index (κ3) is 2.17. The molecule has 0 radical (unpaired) electrons. The predicted molar refractivity (Wildman–Crippen MR) is 68.3 cm³/mol. The topological polar surface area (TPSA) is 41.8 Å². The third-order valence-electron chi connectivity index (χ3n) is 3.35. The van der Waals surface area contributed by atoms with Gasteiger partial charge < -0.3 is 9.40 Å². The second-order valence-corrected chi connectivity index (χ2v) is 4.94. The summed E-state index contributed by atoms with van der Waals surface area (Å²) in [5.41, 5.74) is 2.18. The first kappa shape index (κ1) is 10.7. The van der Waals surface area contributed by atoms with Gasteiger partial charge in [0, 0.05) is 5.69 Å². The summed E-state index contributed by atoms with van der Waals surface area (Å²) in [6.45, 7) is 0. The van der Waals surface area contributed by atoms with Crippen LogP contribution in [0.15, 0.2) is 29.1 Å². The van der Waals surface area contributed by atoms with Crippen LogP contribution in [0.2, 0.25) is 0 Å². The van der Waals surface area contributed by atoms with Crippen LogP contribution in [-0.2, 0) is 0 Å². The predicted octanol–water partition coefficient (Wildman–Crippen LogP) is 4.06. The van der Waals surface area contributed by atoms with Gasteiger partial charge in [-0.2, -0.15) is 0 Å². The number of rotatable bonds is 2. The molecule has 3 rings (SSSR count). The van der Waals surface area contributed by atoms with Crippen LogP contribution in [0.5, 0.6) is 0 Å². The molecule has 1 N–H and O–H groups in total. The van der Waals surface area contributed by atoms with Crippen molar-refractivity contribution in [2.45, 2.75) is 31.6 Å². The van der Waals surface area contributed by atoms with E-state index < -0.39 is 0 Å². The quantitative estimate of drug-likeness (QED) is 0.812. The number of H-pyrrole nitrogens is 1. The molecule has 1 aliphatic carbocycles. The molecule has 0 spiro atoms. The summed E-state index contributed by atoms with van der Waals surface area (Å²) in [6.07, 6.45) is 8.46. The highest BCUT2D eigenvalue weighted by molar-refractivity contribution is 7.71. The second kappa shape index (κ2) is 4.45. The van der Waals surface area contributed by atoms with E-state index in [1.165, 1.54) is 31.4 Å². The monoisotopic (exact) mass is 246 g/mol. The van der Waals surface area contributed by atoms with Gasteiger partial charge in [-0.3, -0.25) is 0 Å². The van der Waals surface area contributed by atoms with Crippen molar-refractivity contribution in [2.75, 3.05) is 0 Å². The zero-order chi connectivity index (χ0) is 11.7. The number of aromatic nitrogens is 2. The Morgan fingerprint density at radius 2 is 2.18 bits per heavy atom. The molecule has 0 aliphatic heterocycles. The van der Waals surface area contributed by atoms with Gasteiger partial charge >= 0.3 is 0 Å². The van der Waals surface area contributed by atoms with E-state index in [2.05, 4.69) is 9.97 Å². The SMILES string of the molecule is S=c1cc(C2CCCC2)[nH]c(-c2ccoc2)n1. The first-order valence-electron chi connectivity index (χ1n) is 5.97. The lowest BCUT2D eigenvalue weighted by atomic mass is 10.0. The summed E-state index contributed by atoms with van der Waals surface area (Å²) in [5.74, 6) is 1.43. The van der Waals surface area contributed by atoms with Crippen LogP contribution in [0.25, 0.3) is 11.4 Å². The molecular formula is C13H14N2OS. The van der Waals surface area contributed by atoms with Crippen molar-refractivity contribution in [2.24, 2.45) is 0 Å². The summed E-state index contributed by atoms with van der Waals surface area (Å²) in [6, 6.07) is 3.89. The van der Waals surface area contributed by atoms with Gasteiger partial charge in [0.1, 0.15) is 16.7 Å². The minimum absolute atomic E-state index is 0.616. The molecule has 2 heterocycles. The Bertz CT molecular complexity index is 553. The van der Waals surface area contributed by atoms with E-state index in [-0.39, 0.29) is 0 Å². The molecule has 2 aromatic rings. The van der Waals surface area contributed by atoms with Crippen LogP contribution in [0.1, 0.15) is 37.3 Å². The molecule has 1 aliphatic rings. The fourth-order valence-electron chi connectivity index (χ4n) is 2.47. The van der Waals surface area contributed by atoms with Crippen LogP contribution < -0.4 is 0 Å². The van der Waals surface area contributed by atoms with Crippen molar-refractivity contribution in [3.63, 3.8) is 0 Å². The minimum Gasteiger partial charge on any atom is -0.472 e. The van der Waals surface area contributed by atoms with Crippen molar-refractivity contribution in [1.29, 1.82) is 0 Å².